The summed E-state index contributed by atoms with van der Waals surface area (Å²) >= 11 is 0. The summed E-state index contributed by atoms with van der Waals surface area (Å²) in [6.45, 7) is 8.22. The number of rotatable bonds is 8. The summed E-state index contributed by atoms with van der Waals surface area (Å²) in [4.78, 5) is 38.9. The summed E-state index contributed by atoms with van der Waals surface area (Å²) in [5, 5.41) is 2.72. The molecule has 192 valence electrons. The highest BCUT2D eigenvalue weighted by Crippen LogP contribution is 2.36. The number of nitrogens with one attached hydrogen (secondary N) is 1. The van der Waals surface area contributed by atoms with Gasteiger partial charge in [0.05, 0.1) is 13.1 Å². The fourth-order valence-corrected chi connectivity index (χ4v) is 5.32. The molecule has 3 fully saturated rings. The predicted molar refractivity (Wildman–Crippen MR) is 136 cm³/mol. The van der Waals surface area contributed by atoms with Gasteiger partial charge in [0.25, 0.3) is 0 Å². The number of amides is 1. The minimum atomic E-state index is -0.864. The number of quaternary nitrogens is 1. The van der Waals surface area contributed by atoms with Gasteiger partial charge in [0, 0.05) is 30.7 Å². The highest BCUT2D eigenvalue weighted by atomic mass is 16.6. The lowest BCUT2D eigenvalue weighted by atomic mass is 9.82. The normalized spacial score (nSPS) is 24.0. The number of piperidine rings is 3. The highest BCUT2D eigenvalue weighted by Gasteiger charge is 2.49. The zero-order valence-corrected chi connectivity index (χ0v) is 21.4. The number of alkyl carbamates (subject to hydrolysis) is 1. The Hall–Kier alpha value is -3.19. The summed E-state index contributed by atoms with van der Waals surface area (Å²) < 4.78 is 12.1. The van der Waals surface area contributed by atoms with Gasteiger partial charge in [0.15, 0.2) is 6.10 Å². The largest absolute Gasteiger partial charge is 0.455 e. The number of benzene rings is 2. The van der Waals surface area contributed by atoms with Gasteiger partial charge in [-0.25, -0.2) is 9.59 Å². The van der Waals surface area contributed by atoms with Crippen LogP contribution in [0.5, 0.6) is 0 Å². The average molecular weight is 494 g/mol. The molecule has 0 aromatic heterocycles. The fourth-order valence-electron chi connectivity index (χ4n) is 5.32. The quantitative estimate of drug-likeness (QED) is 0.339. The van der Waals surface area contributed by atoms with E-state index in [0.717, 1.165) is 37.1 Å². The smallest absolute Gasteiger partial charge is 0.408 e. The zero-order valence-electron chi connectivity index (χ0n) is 21.4. The van der Waals surface area contributed by atoms with Gasteiger partial charge in [0.2, 0.25) is 5.78 Å². The monoisotopic (exact) mass is 493 g/mol. The van der Waals surface area contributed by atoms with Crippen molar-refractivity contribution in [2.45, 2.75) is 57.8 Å². The molecule has 1 amide bonds. The van der Waals surface area contributed by atoms with Crippen LogP contribution < -0.4 is 5.32 Å². The Morgan fingerprint density at radius 2 is 1.58 bits per heavy atom. The molecule has 0 saturated carbocycles. The van der Waals surface area contributed by atoms with E-state index < -0.39 is 23.7 Å². The van der Waals surface area contributed by atoms with Crippen LogP contribution in [-0.4, -0.2) is 66.3 Å². The molecule has 2 aromatic carbocycles. The van der Waals surface area contributed by atoms with E-state index in [1.807, 2.05) is 60.7 Å². The minimum Gasteiger partial charge on any atom is -0.455 e. The molecule has 2 bridgehead atoms. The topological polar surface area (TPSA) is 81.7 Å². The molecule has 0 spiro atoms. The summed E-state index contributed by atoms with van der Waals surface area (Å²) in [6.07, 6.45) is 1.22. The molecular formula is C29H37N2O5+. The number of fused-ring (bicyclic) bond motifs is 3. The molecule has 3 aliphatic heterocycles. The van der Waals surface area contributed by atoms with Crippen LogP contribution in [0.3, 0.4) is 0 Å². The van der Waals surface area contributed by atoms with Gasteiger partial charge in [-0.3, -0.25) is 4.79 Å². The van der Waals surface area contributed by atoms with Crippen LogP contribution in [0.15, 0.2) is 60.7 Å². The number of carbonyl (C=O) groups is 3. The fraction of sp³-hybridized carbons (Fsp3) is 0.483. The number of nitrogens with zero attached hydrogens (tertiary/aromatic N) is 1. The lowest BCUT2D eigenvalue weighted by Crippen LogP contribution is -2.66. The van der Waals surface area contributed by atoms with Crippen LogP contribution >= 0.6 is 0 Å². The van der Waals surface area contributed by atoms with E-state index in [9.17, 15) is 14.4 Å². The third-order valence-electron chi connectivity index (χ3n) is 7.14. The van der Waals surface area contributed by atoms with E-state index >= 15 is 0 Å². The Morgan fingerprint density at radius 3 is 2.19 bits per heavy atom. The SMILES string of the molecule is CC(C)(C)OC(=O)NC(Cc1ccccc1)C(=O)OC1C[N+]2(CC(=O)c3ccccc3)CCC1CC2. The van der Waals surface area contributed by atoms with Gasteiger partial charge in [-0.15, -0.1) is 0 Å². The van der Waals surface area contributed by atoms with E-state index in [0.29, 0.717) is 24.0 Å². The van der Waals surface area contributed by atoms with Crippen molar-refractivity contribution in [1.82, 2.24) is 5.32 Å². The highest BCUT2D eigenvalue weighted by molar-refractivity contribution is 5.97. The third kappa shape index (κ3) is 6.72. The first kappa shape index (κ1) is 25.9. The molecule has 3 heterocycles. The van der Waals surface area contributed by atoms with Gasteiger partial charge in [-0.1, -0.05) is 60.7 Å². The Balaban J connectivity index is 1.44. The standard InChI is InChI=1S/C29H36N2O5/c1-29(2,3)36-28(34)30-24(18-21-10-6-4-7-11-21)27(33)35-26-20-31(16-14-23(26)15-17-31)19-25(32)22-12-8-5-9-13-22/h4-13,23-24,26H,14-20H2,1-3H3/p+1. The van der Waals surface area contributed by atoms with Crippen molar-refractivity contribution in [1.29, 1.82) is 0 Å². The second-order valence-corrected chi connectivity index (χ2v) is 11.1. The Labute approximate surface area is 213 Å². The van der Waals surface area contributed by atoms with Crippen LogP contribution in [0.25, 0.3) is 0 Å². The maximum absolute atomic E-state index is 13.4. The van der Waals surface area contributed by atoms with E-state index in [2.05, 4.69) is 5.32 Å². The summed E-state index contributed by atoms with van der Waals surface area (Å²) in [7, 11) is 0. The number of hydrogen-bond acceptors (Lipinski definition) is 5. The molecule has 0 aliphatic carbocycles. The van der Waals surface area contributed by atoms with Gasteiger partial charge >= 0.3 is 12.1 Å². The van der Waals surface area contributed by atoms with Crippen molar-refractivity contribution in [3.63, 3.8) is 0 Å². The molecule has 7 heteroatoms. The van der Waals surface area contributed by atoms with E-state index in [-0.39, 0.29) is 17.8 Å². The maximum Gasteiger partial charge on any atom is 0.408 e. The van der Waals surface area contributed by atoms with Crippen molar-refractivity contribution < 1.29 is 28.3 Å². The number of Topliss-reactive ketones (excluding diaryl/α,β-unsaturated/α-hetero) is 1. The lowest BCUT2D eigenvalue weighted by Gasteiger charge is -2.51. The van der Waals surface area contributed by atoms with E-state index in [1.165, 1.54) is 0 Å². The van der Waals surface area contributed by atoms with Gasteiger partial charge < -0.3 is 19.3 Å². The summed E-state index contributed by atoms with van der Waals surface area (Å²) in [5.41, 5.74) is 0.959. The first-order chi connectivity index (χ1) is 17.1. The van der Waals surface area contributed by atoms with E-state index in [4.69, 9.17) is 9.47 Å². The number of ether oxygens (including phenoxy) is 2. The third-order valence-corrected chi connectivity index (χ3v) is 7.14. The van der Waals surface area contributed by atoms with Crippen molar-refractivity contribution in [2.24, 2.45) is 5.92 Å². The van der Waals surface area contributed by atoms with Gasteiger partial charge in [0.1, 0.15) is 24.7 Å². The number of esters is 1. The second-order valence-electron chi connectivity index (χ2n) is 11.1. The molecule has 2 unspecified atom stereocenters. The van der Waals surface area contributed by atoms with Crippen LogP contribution in [0, 0.1) is 5.92 Å². The molecule has 0 radical (unpaired) electrons. The summed E-state index contributed by atoms with van der Waals surface area (Å²) in [6, 6.07) is 18.0. The van der Waals surface area contributed by atoms with Crippen molar-refractivity contribution in [3.05, 3.63) is 71.8 Å². The van der Waals surface area contributed by atoms with Crippen LogP contribution in [0.2, 0.25) is 0 Å². The Bertz CT molecular complexity index is 1060. The van der Waals surface area contributed by atoms with Crippen LogP contribution in [0.4, 0.5) is 4.79 Å². The molecule has 2 atom stereocenters. The first-order valence-electron chi connectivity index (χ1n) is 12.8. The second kappa shape index (κ2) is 10.8. The van der Waals surface area contributed by atoms with Crippen LogP contribution in [0.1, 0.15) is 49.5 Å². The number of ketones is 1. The lowest BCUT2D eigenvalue weighted by molar-refractivity contribution is -0.938. The van der Waals surface area contributed by atoms with Crippen molar-refractivity contribution in [2.75, 3.05) is 26.2 Å². The molecular weight excluding hydrogens is 456 g/mol. The molecule has 36 heavy (non-hydrogen) atoms. The number of carbonyl (C=O) groups excluding carboxylic acids is 3. The predicted octanol–water partition coefficient (Wildman–Crippen LogP) is 4.16. The molecule has 5 rings (SSSR count). The summed E-state index contributed by atoms with van der Waals surface area (Å²) in [5.74, 6) is -0.0646. The molecule has 1 N–H and O–H groups in total. The molecule has 7 nitrogen and oxygen atoms in total. The van der Waals surface area contributed by atoms with Crippen molar-refractivity contribution >= 4 is 17.8 Å². The molecule has 2 aromatic rings. The Kier molecular flexibility index (Phi) is 7.79. The zero-order chi connectivity index (χ0) is 25.8. The minimum absolute atomic E-state index is 0.120. The van der Waals surface area contributed by atoms with E-state index in [1.54, 1.807) is 20.8 Å². The van der Waals surface area contributed by atoms with Crippen LogP contribution in [-0.2, 0) is 20.7 Å². The average Bonchev–Trinajstić information content (AvgIpc) is 2.84. The maximum atomic E-state index is 13.4. The van der Waals surface area contributed by atoms with Gasteiger partial charge in [-0.2, -0.15) is 0 Å². The number of hydrogen-bond donors (Lipinski definition) is 1. The molecule has 3 aliphatic rings. The Morgan fingerprint density at radius 1 is 0.972 bits per heavy atom. The van der Waals surface area contributed by atoms with Gasteiger partial charge in [-0.05, 0) is 26.3 Å². The first-order valence-corrected chi connectivity index (χ1v) is 12.8. The molecule has 3 saturated heterocycles. The van der Waals surface area contributed by atoms with Crippen molar-refractivity contribution in [3.8, 4) is 0 Å².